The molecule has 2 rings (SSSR count). The Bertz CT molecular complexity index is 403. The van der Waals surface area contributed by atoms with Gasteiger partial charge in [0.2, 0.25) is 0 Å². The lowest BCUT2D eigenvalue weighted by molar-refractivity contribution is 0.796. The zero-order valence-electron chi connectivity index (χ0n) is 6.92. The van der Waals surface area contributed by atoms with Crippen LogP contribution in [0.3, 0.4) is 0 Å². The monoisotopic (exact) mass is 223 g/mol. The summed E-state index contributed by atoms with van der Waals surface area (Å²) in [5.41, 5.74) is 1.29. The minimum Gasteiger partial charge on any atom is -0.347 e. The van der Waals surface area contributed by atoms with Crippen molar-refractivity contribution in [3.8, 4) is 0 Å². The van der Waals surface area contributed by atoms with Crippen molar-refractivity contribution in [2.24, 2.45) is 0 Å². The first-order valence-electron chi connectivity index (χ1n) is 4.06. The van der Waals surface area contributed by atoms with E-state index >= 15 is 0 Å². The molecule has 2 aromatic rings. The zero-order chi connectivity index (χ0) is 8.55. The molecule has 0 unspecified atom stereocenters. The predicted molar refractivity (Wildman–Crippen MR) is 55.3 cm³/mol. The molecule has 1 nitrogen and oxygen atoms in total. The van der Waals surface area contributed by atoms with Gasteiger partial charge in [-0.25, -0.2) is 0 Å². The number of fused-ring (bicyclic) bond motifs is 1. The molecule has 1 heterocycles. The number of benzene rings is 1. The van der Waals surface area contributed by atoms with Gasteiger partial charge in [0.1, 0.15) is 0 Å². The van der Waals surface area contributed by atoms with E-state index in [0.29, 0.717) is 0 Å². The summed E-state index contributed by atoms with van der Waals surface area (Å²) in [6.07, 6.45) is 2.12. The fourth-order valence-corrected chi connectivity index (χ4v) is 2.09. The Kier molecular flexibility index (Phi) is 1.93. The van der Waals surface area contributed by atoms with Crippen LogP contribution in [0.15, 0.2) is 34.9 Å². The topological polar surface area (TPSA) is 4.93 Å². The van der Waals surface area contributed by atoms with Crippen molar-refractivity contribution >= 4 is 26.8 Å². The van der Waals surface area contributed by atoms with Crippen LogP contribution in [-0.2, 0) is 6.54 Å². The Morgan fingerprint density at radius 1 is 1.33 bits per heavy atom. The summed E-state index contributed by atoms with van der Waals surface area (Å²) < 4.78 is 3.41. The highest BCUT2D eigenvalue weighted by molar-refractivity contribution is 9.10. The van der Waals surface area contributed by atoms with E-state index in [1.54, 1.807) is 0 Å². The number of rotatable bonds is 1. The molecule has 12 heavy (non-hydrogen) atoms. The van der Waals surface area contributed by atoms with Gasteiger partial charge in [-0.1, -0.05) is 12.1 Å². The van der Waals surface area contributed by atoms with Crippen LogP contribution in [-0.4, -0.2) is 4.57 Å². The van der Waals surface area contributed by atoms with Crippen molar-refractivity contribution in [1.29, 1.82) is 0 Å². The summed E-state index contributed by atoms with van der Waals surface area (Å²) in [7, 11) is 0. The van der Waals surface area contributed by atoms with Gasteiger partial charge in [-0.2, -0.15) is 0 Å². The molecule has 0 saturated carbocycles. The second kappa shape index (κ2) is 2.94. The van der Waals surface area contributed by atoms with Crippen molar-refractivity contribution in [1.82, 2.24) is 4.57 Å². The Morgan fingerprint density at radius 2 is 2.17 bits per heavy atom. The van der Waals surface area contributed by atoms with Crippen LogP contribution in [0.4, 0.5) is 0 Å². The van der Waals surface area contributed by atoms with Crippen LogP contribution in [0.2, 0.25) is 0 Å². The van der Waals surface area contributed by atoms with E-state index in [0.717, 1.165) is 6.54 Å². The molecule has 0 fully saturated rings. The molecule has 1 aromatic carbocycles. The third kappa shape index (κ3) is 1.07. The maximum atomic E-state index is 3.55. The van der Waals surface area contributed by atoms with Gasteiger partial charge in [-0.15, -0.1) is 0 Å². The minimum absolute atomic E-state index is 1.02. The van der Waals surface area contributed by atoms with Crippen LogP contribution in [0, 0.1) is 0 Å². The summed E-state index contributed by atoms with van der Waals surface area (Å²) >= 11 is 3.55. The molecule has 0 bridgehead atoms. The van der Waals surface area contributed by atoms with Gasteiger partial charge in [0.25, 0.3) is 0 Å². The number of nitrogens with zero attached hydrogens (tertiary/aromatic N) is 1. The quantitative estimate of drug-likeness (QED) is 0.699. The molecule has 2 heteroatoms. The van der Waals surface area contributed by atoms with E-state index in [1.807, 2.05) is 0 Å². The number of halogens is 1. The first-order valence-corrected chi connectivity index (χ1v) is 4.85. The average molecular weight is 224 g/mol. The molecule has 0 atom stereocenters. The first-order chi connectivity index (χ1) is 5.83. The normalized spacial score (nSPS) is 10.8. The summed E-state index contributed by atoms with van der Waals surface area (Å²) in [5, 5.41) is 1.30. The highest BCUT2D eigenvalue weighted by Crippen LogP contribution is 2.24. The Balaban J connectivity index is 2.83. The summed E-state index contributed by atoms with van der Waals surface area (Å²) in [6, 6.07) is 8.41. The lowest BCUT2D eigenvalue weighted by Crippen LogP contribution is -1.90. The lowest BCUT2D eigenvalue weighted by Gasteiger charge is -2.01. The molecule has 0 radical (unpaired) electrons. The van der Waals surface area contributed by atoms with Gasteiger partial charge in [0.15, 0.2) is 0 Å². The fourth-order valence-electron chi connectivity index (χ4n) is 1.48. The number of hydrogen-bond donors (Lipinski definition) is 0. The number of para-hydroxylation sites is 1. The van der Waals surface area contributed by atoms with Gasteiger partial charge in [0.05, 0.1) is 5.52 Å². The molecule has 0 aliphatic rings. The summed E-state index contributed by atoms with van der Waals surface area (Å²) in [4.78, 5) is 0. The first kappa shape index (κ1) is 7.87. The van der Waals surface area contributed by atoms with Crippen LogP contribution in [0.5, 0.6) is 0 Å². The molecule has 0 spiro atoms. The summed E-state index contributed by atoms with van der Waals surface area (Å²) in [5.74, 6) is 0. The average Bonchev–Trinajstić information content (AvgIpc) is 2.49. The highest BCUT2D eigenvalue weighted by atomic mass is 79.9. The molecule has 0 aliphatic heterocycles. The molecule has 0 amide bonds. The van der Waals surface area contributed by atoms with Crippen LogP contribution < -0.4 is 0 Å². The summed E-state index contributed by atoms with van der Waals surface area (Å²) in [6.45, 7) is 3.17. The molecule has 1 aromatic heterocycles. The Labute approximate surface area is 80.1 Å². The predicted octanol–water partition coefficient (Wildman–Crippen LogP) is 3.42. The van der Waals surface area contributed by atoms with E-state index in [2.05, 4.69) is 57.9 Å². The Hall–Kier alpha value is -0.760. The Morgan fingerprint density at radius 3 is 2.92 bits per heavy atom. The van der Waals surface area contributed by atoms with E-state index in [1.165, 1.54) is 15.4 Å². The van der Waals surface area contributed by atoms with Gasteiger partial charge in [-0.05, 0) is 35.0 Å². The van der Waals surface area contributed by atoms with Crippen LogP contribution >= 0.6 is 15.9 Å². The molecule has 0 saturated heterocycles. The molecule has 0 aliphatic carbocycles. The zero-order valence-corrected chi connectivity index (χ0v) is 8.51. The van der Waals surface area contributed by atoms with Gasteiger partial charge in [-0.3, -0.25) is 0 Å². The standard InChI is InChI=1S/C10H10BrN/c1-2-12-7-6-8-4-3-5-9(11)10(8)12/h3-7H,2H2,1H3. The minimum atomic E-state index is 1.02. The lowest BCUT2D eigenvalue weighted by atomic mass is 10.2. The van der Waals surface area contributed by atoms with Crippen molar-refractivity contribution in [3.63, 3.8) is 0 Å². The molecular formula is C10H10BrN. The molecular weight excluding hydrogens is 214 g/mol. The number of aromatic nitrogens is 1. The fraction of sp³-hybridized carbons (Fsp3) is 0.200. The maximum Gasteiger partial charge on any atom is 0.0624 e. The van der Waals surface area contributed by atoms with E-state index in [-0.39, 0.29) is 0 Å². The van der Waals surface area contributed by atoms with Crippen LogP contribution in [0.1, 0.15) is 6.92 Å². The van der Waals surface area contributed by atoms with Crippen LogP contribution in [0.25, 0.3) is 10.9 Å². The smallest absolute Gasteiger partial charge is 0.0624 e. The third-order valence-electron chi connectivity index (χ3n) is 2.08. The van der Waals surface area contributed by atoms with Crippen molar-refractivity contribution in [3.05, 3.63) is 34.9 Å². The van der Waals surface area contributed by atoms with Gasteiger partial charge in [0, 0.05) is 22.6 Å². The highest BCUT2D eigenvalue weighted by Gasteiger charge is 2.01. The van der Waals surface area contributed by atoms with Crippen molar-refractivity contribution in [2.75, 3.05) is 0 Å². The second-order valence-corrected chi connectivity index (χ2v) is 3.63. The van der Waals surface area contributed by atoms with Gasteiger partial charge < -0.3 is 4.57 Å². The molecule has 0 N–H and O–H groups in total. The SMILES string of the molecule is CCn1ccc2cccc(Br)c21. The van der Waals surface area contributed by atoms with E-state index in [9.17, 15) is 0 Å². The van der Waals surface area contributed by atoms with Gasteiger partial charge >= 0.3 is 0 Å². The number of hydrogen-bond acceptors (Lipinski definition) is 0. The third-order valence-corrected chi connectivity index (χ3v) is 2.72. The van der Waals surface area contributed by atoms with E-state index < -0.39 is 0 Å². The van der Waals surface area contributed by atoms with Crippen molar-refractivity contribution in [2.45, 2.75) is 13.5 Å². The largest absolute Gasteiger partial charge is 0.347 e. The maximum absolute atomic E-state index is 3.55. The molecule has 62 valence electrons. The van der Waals surface area contributed by atoms with E-state index in [4.69, 9.17) is 0 Å². The van der Waals surface area contributed by atoms with Crippen molar-refractivity contribution < 1.29 is 0 Å². The second-order valence-electron chi connectivity index (χ2n) is 2.78. The number of aryl methyl sites for hydroxylation is 1.